The first-order chi connectivity index (χ1) is 10.4. The minimum Gasteiger partial charge on any atom is -0.355 e. The second kappa shape index (κ2) is 5.86. The molecule has 0 radical (unpaired) electrons. The van der Waals surface area contributed by atoms with Crippen molar-refractivity contribution in [1.82, 2.24) is 5.32 Å². The lowest BCUT2D eigenvalue weighted by molar-refractivity contribution is -0.127. The molecule has 1 aromatic rings. The summed E-state index contributed by atoms with van der Waals surface area (Å²) >= 11 is 6.08. The zero-order valence-electron chi connectivity index (χ0n) is 13.3. The number of rotatable bonds is 4. The molecule has 1 amide bonds. The summed E-state index contributed by atoms with van der Waals surface area (Å²) in [5.74, 6) is 1.19. The lowest BCUT2D eigenvalue weighted by atomic mass is 9.82. The molecule has 22 heavy (non-hydrogen) atoms. The molecular weight excluding hydrogens is 296 g/mol. The standard InChI is InChI=1S/C18H25ClN2O/c1-18(2,13-4-3-5-14(19)9-13)10-21-17(22)15-11-6-7-12(8-11)16(15)20/h3-5,9,11-12,15-16H,6-8,10,20H2,1-2H3,(H,21,22). The average Bonchev–Trinajstić information content (AvgIpc) is 3.06. The number of carbonyl (C=O) groups excluding carboxylic acids is 1. The first-order valence-electron chi connectivity index (χ1n) is 8.18. The van der Waals surface area contributed by atoms with Crippen LogP contribution >= 0.6 is 11.6 Å². The molecular formula is C18H25ClN2O. The molecule has 3 nitrogen and oxygen atoms in total. The van der Waals surface area contributed by atoms with Crippen molar-refractivity contribution in [3.63, 3.8) is 0 Å². The van der Waals surface area contributed by atoms with Gasteiger partial charge in [0, 0.05) is 23.0 Å². The van der Waals surface area contributed by atoms with Gasteiger partial charge in [0.05, 0.1) is 5.92 Å². The van der Waals surface area contributed by atoms with E-state index in [-0.39, 0.29) is 23.3 Å². The monoisotopic (exact) mass is 320 g/mol. The van der Waals surface area contributed by atoms with Crippen molar-refractivity contribution < 1.29 is 4.79 Å². The molecule has 4 heteroatoms. The van der Waals surface area contributed by atoms with Crippen LogP contribution in [0.3, 0.4) is 0 Å². The van der Waals surface area contributed by atoms with Crippen LogP contribution in [-0.4, -0.2) is 18.5 Å². The van der Waals surface area contributed by atoms with Gasteiger partial charge in [-0.05, 0) is 48.8 Å². The molecule has 0 aromatic heterocycles. The molecule has 2 bridgehead atoms. The Kier molecular flexibility index (Phi) is 4.21. The molecule has 3 rings (SSSR count). The zero-order chi connectivity index (χ0) is 15.9. The van der Waals surface area contributed by atoms with Gasteiger partial charge in [0.25, 0.3) is 0 Å². The normalized spacial score (nSPS) is 30.5. The van der Waals surface area contributed by atoms with Gasteiger partial charge in [0.15, 0.2) is 0 Å². The van der Waals surface area contributed by atoms with Crippen LogP contribution in [0.5, 0.6) is 0 Å². The minimum absolute atomic E-state index is 0.00825. The van der Waals surface area contributed by atoms with Crippen LogP contribution in [-0.2, 0) is 10.2 Å². The van der Waals surface area contributed by atoms with Crippen LogP contribution in [0.4, 0.5) is 0 Å². The van der Waals surface area contributed by atoms with Gasteiger partial charge in [-0.2, -0.15) is 0 Å². The third-order valence-electron chi connectivity index (χ3n) is 5.59. The molecule has 2 fully saturated rings. The Morgan fingerprint density at radius 3 is 2.73 bits per heavy atom. The van der Waals surface area contributed by atoms with E-state index in [1.807, 2.05) is 18.2 Å². The second-order valence-electron chi connectivity index (χ2n) is 7.55. The number of nitrogens with one attached hydrogen (secondary N) is 1. The maximum atomic E-state index is 12.6. The van der Waals surface area contributed by atoms with Crippen molar-refractivity contribution in [2.24, 2.45) is 23.5 Å². The summed E-state index contributed by atoms with van der Waals surface area (Å²) in [5.41, 5.74) is 7.24. The lowest BCUT2D eigenvalue weighted by Gasteiger charge is -2.30. The maximum absolute atomic E-state index is 12.6. The zero-order valence-corrected chi connectivity index (χ0v) is 14.1. The van der Waals surface area contributed by atoms with Crippen LogP contribution in [0.2, 0.25) is 5.02 Å². The highest BCUT2D eigenvalue weighted by Crippen LogP contribution is 2.47. The van der Waals surface area contributed by atoms with Crippen LogP contribution in [0.15, 0.2) is 24.3 Å². The van der Waals surface area contributed by atoms with E-state index in [2.05, 4.69) is 25.2 Å². The number of hydrogen-bond acceptors (Lipinski definition) is 2. The van der Waals surface area contributed by atoms with E-state index >= 15 is 0 Å². The molecule has 2 aliphatic carbocycles. The summed E-state index contributed by atoms with van der Waals surface area (Å²) in [5, 5.41) is 3.86. The van der Waals surface area contributed by atoms with Gasteiger partial charge in [-0.3, -0.25) is 4.79 Å². The number of hydrogen-bond donors (Lipinski definition) is 2. The third kappa shape index (κ3) is 2.89. The first-order valence-corrected chi connectivity index (χ1v) is 8.55. The van der Waals surface area contributed by atoms with Gasteiger partial charge >= 0.3 is 0 Å². The first kappa shape index (κ1) is 15.8. The van der Waals surface area contributed by atoms with Crippen LogP contribution in [0, 0.1) is 17.8 Å². The summed E-state index contributed by atoms with van der Waals surface area (Å²) < 4.78 is 0. The predicted molar refractivity (Wildman–Crippen MR) is 89.8 cm³/mol. The van der Waals surface area contributed by atoms with Gasteiger partial charge in [-0.25, -0.2) is 0 Å². The number of amides is 1. The molecule has 0 spiro atoms. The minimum atomic E-state index is -0.151. The van der Waals surface area contributed by atoms with E-state index < -0.39 is 0 Å². The predicted octanol–water partition coefficient (Wildman–Crippen LogP) is 3.11. The molecule has 0 heterocycles. The molecule has 1 aromatic carbocycles. The number of fused-ring (bicyclic) bond motifs is 2. The Morgan fingerprint density at radius 1 is 1.36 bits per heavy atom. The SMILES string of the molecule is CC(C)(CNC(=O)C1C2CCC(C2)C1N)c1cccc(Cl)c1. The molecule has 2 aliphatic rings. The summed E-state index contributed by atoms with van der Waals surface area (Å²) in [6.07, 6.45) is 3.49. The molecule has 3 N–H and O–H groups in total. The Morgan fingerprint density at radius 2 is 2.09 bits per heavy atom. The maximum Gasteiger partial charge on any atom is 0.224 e. The van der Waals surface area contributed by atoms with E-state index in [0.717, 1.165) is 23.4 Å². The van der Waals surface area contributed by atoms with Gasteiger partial charge in [0.2, 0.25) is 5.91 Å². The van der Waals surface area contributed by atoms with Crippen molar-refractivity contribution >= 4 is 17.5 Å². The Labute approximate surface area is 137 Å². The van der Waals surface area contributed by atoms with E-state index in [1.165, 1.54) is 6.42 Å². The quantitative estimate of drug-likeness (QED) is 0.895. The van der Waals surface area contributed by atoms with Gasteiger partial charge in [-0.15, -0.1) is 0 Å². The summed E-state index contributed by atoms with van der Waals surface area (Å²) in [6, 6.07) is 7.90. The molecule has 4 atom stereocenters. The topological polar surface area (TPSA) is 55.1 Å². The summed E-state index contributed by atoms with van der Waals surface area (Å²) in [7, 11) is 0. The average molecular weight is 321 g/mol. The van der Waals surface area contributed by atoms with Crippen molar-refractivity contribution in [3.05, 3.63) is 34.9 Å². The molecule has 2 saturated carbocycles. The number of nitrogens with two attached hydrogens (primary N) is 1. The van der Waals surface area contributed by atoms with E-state index in [1.54, 1.807) is 0 Å². The number of benzene rings is 1. The molecule has 4 unspecified atom stereocenters. The van der Waals surface area contributed by atoms with Crippen LogP contribution < -0.4 is 11.1 Å². The summed E-state index contributed by atoms with van der Waals surface area (Å²) in [6.45, 7) is 4.85. The second-order valence-corrected chi connectivity index (χ2v) is 7.98. The fraction of sp³-hybridized carbons (Fsp3) is 0.611. The number of carbonyl (C=O) groups is 1. The smallest absolute Gasteiger partial charge is 0.224 e. The fourth-order valence-electron chi connectivity index (χ4n) is 4.16. The molecule has 0 saturated heterocycles. The molecule has 120 valence electrons. The Balaban J connectivity index is 1.63. The molecule has 0 aliphatic heterocycles. The van der Waals surface area contributed by atoms with E-state index in [0.29, 0.717) is 18.4 Å². The van der Waals surface area contributed by atoms with Crippen molar-refractivity contribution in [2.45, 2.75) is 44.6 Å². The van der Waals surface area contributed by atoms with Gasteiger partial charge < -0.3 is 11.1 Å². The van der Waals surface area contributed by atoms with Crippen LogP contribution in [0.1, 0.15) is 38.7 Å². The Bertz CT molecular complexity index is 570. The van der Waals surface area contributed by atoms with Crippen molar-refractivity contribution in [2.75, 3.05) is 6.54 Å². The summed E-state index contributed by atoms with van der Waals surface area (Å²) in [4.78, 5) is 12.6. The van der Waals surface area contributed by atoms with Gasteiger partial charge in [0.1, 0.15) is 0 Å². The highest BCUT2D eigenvalue weighted by Gasteiger charge is 2.49. The van der Waals surface area contributed by atoms with Crippen molar-refractivity contribution in [3.8, 4) is 0 Å². The van der Waals surface area contributed by atoms with E-state index in [9.17, 15) is 4.79 Å². The van der Waals surface area contributed by atoms with E-state index in [4.69, 9.17) is 17.3 Å². The highest BCUT2D eigenvalue weighted by atomic mass is 35.5. The highest BCUT2D eigenvalue weighted by molar-refractivity contribution is 6.30. The third-order valence-corrected chi connectivity index (χ3v) is 5.83. The Hall–Kier alpha value is -1.06. The number of halogens is 1. The lowest BCUT2D eigenvalue weighted by Crippen LogP contribution is -2.47. The largest absolute Gasteiger partial charge is 0.355 e. The fourth-order valence-corrected chi connectivity index (χ4v) is 4.35. The van der Waals surface area contributed by atoms with Gasteiger partial charge in [-0.1, -0.05) is 37.6 Å². The van der Waals surface area contributed by atoms with Crippen LogP contribution in [0.25, 0.3) is 0 Å². The van der Waals surface area contributed by atoms with Crippen molar-refractivity contribution in [1.29, 1.82) is 0 Å².